The maximum absolute atomic E-state index is 9.09. The lowest BCUT2D eigenvalue weighted by Crippen LogP contribution is -2.42. The summed E-state index contributed by atoms with van der Waals surface area (Å²) in [5.74, 6) is 0. The molecular weight excluding hydrogens is 190 g/mol. The number of furan rings is 1. The van der Waals surface area contributed by atoms with Crippen LogP contribution in [0.4, 0.5) is 0 Å². The van der Waals surface area contributed by atoms with Crippen molar-refractivity contribution in [3.63, 3.8) is 0 Å². The van der Waals surface area contributed by atoms with Crippen molar-refractivity contribution in [3.05, 3.63) is 36.1 Å². The number of rotatable bonds is 3. The van der Waals surface area contributed by atoms with Gasteiger partial charge >= 0.3 is 0 Å². The van der Waals surface area contributed by atoms with Crippen LogP contribution in [0.25, 0.3) is 11.0 Å². The lowest BCUT2D eigenvalue weighted by molar-refractivity contribution is 0.208. The van der Waals surface area contributed by atoms with E-state index in [-0.39, 0.29) is 6.61 Å². The van der Waals surface area contributed by atoms with Gasteiger partial charge in [0.25, 0.3) is 0 Å². The van der Waals surface area contributed by atoms with Crippen LogP contribution < -0.4 is 5.73 Å². The van der Waals surface area contributed by atoms with Gasteiger partial charge in [-0.3, -0.25) is 0 Å². The van der Waals surface area contributed by atoms with E-state index in [1.165, 1.54) is 0 Å². The van der Waals surface area contributed by atoms with Crippen LogP contribution in [0, 0.1) is 0 Å². The van der Waals surface area contributed by atoms with E-state index < -0.39 is 5.54 Å². The van der Waals surface area contributed by atoms with Crippen LogP contribution in [0.15, 0.2) is 34.9 Å². The Labute approximate surface area is 88.5 Å². The van der Waals surface area contributed by atoms with Crippen molar-refractivity contribution in [1.29, 1.82) is 0 Å². The molecule has 0 saturated heterocycles. The maximum Gasteiger partial charge on any atom is 0.133 e. The third kappa shape index (κ3) is 2.19. The lowest BCUT2D eigenvalue weighted by atomic mass is 9.94. The molecule has 0 amide bonds. The first-order chi connectivity index (χ1) is 7.11. The monoisotopic (exact) mass is 205 g/mol. The Morgan fingerprint density at radius 2 is 2.20 bits per heavy atom. The van der Waals surface area contributed by atoms with Crippen LogP contribution in [0.3, 0.4) is 0 Å². The van der Waals surface area contributed by atoms with Gasteiger partial charge in [-0.15, -0.1) is 0 Å². The Morgan fingerprint density at radius 3 is 2.93 bits per heavy atom. The van der Waals surface area contributed by atoms with E-state index in [1.54, 1.807) is 6.26 Å². The molecule has 3 nitrogen and oxygen atoms in total. The van der Waals surface area contributed by atoms with Gasteiger partial charge < -0.3 is 15.3 Å². The van der Waals surface area contributed by atoms with E-state index in [0.29, 0.717) is 6.42 Å². The standard InChI is InChI=1S/C12H15NO2/c1-12(13,8-14)7-9-2-3-11-10(6-9)4-5-15-11/h2-6,14H,7-8,13H2,1H3. The summed E-state index contributed by atoms with van der Waals surface area (Å²) in [5, 5.41) is 10.2. The molecule has 1 aromatic heterocycles. The zero-order valence-corrected chi connectivity index (χ0v) is 8.73. The molecule has 0 aliphatic heterocycles. The molecule has 0 saturated carbocycles. The summed E-state index contributed by atoms with van der Waals surface area (Å²) in [5.41, 5.74) is 7.33. The normalized spacial score (nSPS) is 15.4. The third-order valence-corrected chi connectivity index (χ3v) is 2.49. The average Bonchev–Trinajstić information content (AvgIpc) is 2.64. The number of benzene rings is 1. The Morgan fingerprint density at radius 1 is 1.40 bits per heavy atom. The van der Waals surface area contributed by atoms with E-state index in [9.17, 15) is 0 Å². The molecular formula is C12H15NO2. The summed E-state index contributed by atoms with van der Waals surface area (Å²) in [7, 11) is 0. The highest BCUT2D eigenvalue weighted by molar-refractivity contribution is 5.77. The smallest absolute Gasteiger partial charge is 0.133 e. The Bertz CT molecular complexity index is 459. The summed E-state index contributed by atoms with van der Waals surface area (Å²) in [6.45, 7) is 1.82. The van der Waals surface area contributed by atoms with Crippen molar-refractivity contribution in [2.24, 2.45) is 5.73 Å². The fourth-order valence-electron chi connectivity index (χ4n) is 1.65. The Balaban J connectivity index is 2.28. The van der Waals surface area contributed by atoms with Gasteiger partial charge in [0.1, 0.15) is 5.58 Å². The molecule has 3 N–H and O–H groups in total. The SMILES string of the molecule is CC(N)(CO)Cc1ccc2occc2c1. The summed E-state index contributed by atoms with van der Waals surface area (Å²) in [6, 6.07) is 7.87. The summed E-state index contributed by atoms with van der Waals surface area (Å²) < 4.78 is 5.25. The first kappa shape index (κ1) is 10.2. The minimum Gasteiger partial charge on any atom is -0.464 e. The van der Waals surface area contributed by atoms with Gasteiger partial charge in [-0.2, -0.15) is 0 Å². The molecule has 2 aromatic rings. The highest BCUT2D eigenvalue weighted by Gasteiger charge is 2.17. The van der Waals surface area contributed by atoms with Crippen molar-refractivity contribution in [2.45, 2.75) is 18.9 Å². The van der Waals surface area contributed by atoms with Gasteiger partial charge in [-0.1, -0.05) is 6.07 Å². The molecule has 0 fully saturated rings. The zero-order valence-electron chi connectivity index (χ0n) is 8.73. The van der Waals surface area contributed by atoms with Gasteiger partial charge in [-0.05, 0) is 37.1 Å². The van der Waals surface area contributed by atoms with Crippen LogP contribution in [-0.4, -0.2) is 17.3 Å². The van der Waals surface area contributed by atoms with Crippen molar-refractivity contribution < 1.29 is 9.52 Å². The first-order valence-corrected chi connectivity index (χ1v) is 4.97. The molecule has 0 spiro atoms. The molecule has 0 aliphatic carbocycles. The number of fused-ring (bicyclic) bond motifs is 1. The number of hydrogen-bond acceptors (Lipinski definition) is 3. The minimum absolute atomic E-state index is 0.0174. The summed E-state index contributed by atoms with van der Waals surface area (Å²) >= 11 is 0. The molecule has 0 bridgehead atoms. The van der Waals surface area contributed by atoms with Gasteiger partial charge in [0.2, 0.25) is 0 Å². The summed E-state index contributed by atoms with van der Waals surface area (Å²) in [6.07, 6.45) is 2.33. The molecule has 15 heavy (non-hydrogen) atoms. The van der Waals surface area contributed by atoms with E-state index in [1.807, 2.05) is 31.2 Å². The molecule has 1 atom stereocenters. The molecule has 1 heterocycles. The van der Waals surface area contributed by atoms with Gasteiger partial charge in [-0.25, -0.2) is 0 Å². The number of hydrogen-bond donors (Lipinski definition) is 2. The lowest BCUT2D eigenvalue weighted by Gasteiger charge is -2.21. The maximum atomic E-state index is 9.09. The average molecular weight is 205 g/mol. The number of aliphatic hydroxyl groups is 1. The molecule has 0 radical (unpaired) electrons. The molecule has 1 aromatic carbocycles. The highest BCUT2D eigenvalue weighted by atomic mass is 16.3. The largest absolute Gasteiger partial charge is 0.464 e. The zero-order chi connectivity index (χ0) is 10.9. The molecule has 2 rings (SSSR count). The topological polar surface area (TPSA) is 59.4 Å². The van der Waals surface area contributed by atoms with Crippen molar-refractivity contribution in [3.8, 4) is 0 Å². The highest BCUT2D eigenvalue weighted by Crippen LogP contribution is 2.19. The third-order valence-electron chi connectivity index (χ3n) is 2.49. The number of aliphatic hydroxyl groups excluding tert-OH is 1. The van der Waals surface area contributed by atoms with Crippen molar-refractivity contribution in [1.82, 2.24) is 0 Å². The second-order valence-electron chi connectivity index (χ2n) is 4.28. The molecule has 1 unspecified atom stereocenters. The summed E-state index contributed by atoms with van der Waals surface area (Å²) in [4.78, 5) is 0. The minimum atomic E-state index is -0.558. The Hall–Kier alpha value is -1.32. The molecule has 0 aliphatic rings. The van der Waals surface area contributed by atoms with E-state index in [0.717, 1.165) is 16.5 Å². The molecule has 3 heteroatoms. The van der Waals surface area contributed by atoms with E-state index in [4.69, 9.17) is 15.3 Å². The van der Waals surface area contributed by atoms with E-state index in [2.05, 4.69) is 0 Å². The van der Waals surface area contributed by atoms with Gasteiger partial charge in [0.15, 0.2) is 0 Å². The van der Waals surface area contributed by atoms with Crippen LogP contribution in [0.5, 0.6) is 0 Å². The fourth-order valence-corrected chi connectivity index (χ4v) is 1.65. The van der Waals surface area contributed by atoms with Crippen molar-refractivity contribution in [2.75, 3.05) is 6.61 Å². The van der Waals surface area contributed by atoms with Crippen LogP contribution in [0.2, 0.25) is 0 Å². The van der Waals surface area contributed by atoms with Gasteiger partial charge in [0.05, 0.1) is 12.9 Å². The van der Waals surface area contributed by atoms with Crippen LogP contribution in [0.1, 0.15) is 12.5 Å². The quantitative estimate of drug-likeness (QED) is 0.801. The second kappa shape index (κ2) is 3.68. The van der Waals surface area contributed by atoms with Crippen molar-refractivity contribution >= 4 is 11.0 Å². The van der Waals surface area contributed by atoms with Crippen LogP contribution >= 0.6 is 0 Å². The second-order valence-corrected chi connectivity index (χ2v) is 4.28. The van der Waals surface area contributed by atoms with E-state index >= 15 is 0 Å². The predicted molar refractivity (Wildman–Crippen MR) is 59.6 cm³/mol. The first-order valence-electron chi connectivity index (χ1n) is 4.97. The number of nitrogens with two attached hydrogens (primary N) is 1. The molecule has 80 valence electrons. The Kier molecular flexibility index (Phi) is 2.50. The van der Waals surface area contributed by atoms with Crippen LogP contribution in [-0.2, 0) is 6.42 Å². The fraction of sp³-hybridized carbons (Fsp3) is 0.333. The van der Waals surface area contributed by atoms with Gasteiger partial charge in [0, 0.05) is 10.9 Å². The predicted octanol–water partition coefficient (Wildman–Crippen LogP) is 1.68.